The van der Waals surface area contributed by atoms with Gasteiger partial charge in [0.15, 0.2) is 0 Å². The Bertz CT molecular complexity index is 1940. The van der Waals surface area contributed by atoms with E-state index in [2.05, 4.69) is 5.32 Å². The lowest BCUT2D eigenvalue weighted by Crippen LogP contribution is -2.59. The highest BCUT2D eigenvalue weighted by molar-refractivity contribution is 5.98. The van der Waals surface area contributed by atoms with E-state index in [4.69, 9.17) is 18.9 Å². The Morgan fingerprint density at radius 2 is 1.54 bits per heavy atom. The van der Waals surface area contributed by atoms with Crippen LogP contribution in [0.3, 0.4) is 0 Å². The average Bonchev–Trinajstić information content (AvgIpc) is 3.23. The Morgan fingerprint density at radius 1 is 0.839 bits per heavy atom. The first kappa shape index (κ1) is 40.0. The second-order valence-corrected chi connectivity index (χ2v) is 14.1. The summed E-state index contributed by atoms with van der Waals surface area (Å²) in [6.07, 6.45) is 3.21. The minimum absolute atomic E-state index is 0.0434. The number of hydrogen-bond acceptors (Lipinski definition) is 9. The van der Waals surface area contributed by atoms with E-state index in [1.54, 1.807) is 68.6 Å². The largest absolute Gasteiger partial charge is 0.497 e. The van der Waals surface area contributed by atoms with Gasteiger partial charge in [0.05, 0.1) is 50.8 Å². The zero-order valence-corrected chi connectivity index (χ0v) is 32.0. The Hall–Kier alpha value is -5.68. The maximum atomic E-state index is 14.6. The van der Waals surface area contributed by atoms with Gasteiger partial charge in [-0.05, 0) is 78.9 Å². The van der Waals surface area contributed by atoms with Gasteiger partial charge >= 0.3 is 11.9 Å². The molecule has 1 heterocycles. The molecule has 1 saturated carbocycles. The van der Waals surface area contributed by atoms with Crippen molar-refractivity contribution in [3.05, 3.63) is 114 Å². The summed E-state index contributed by atoms with van der Waals surface area (Å²) in [6, 6.07) is 27.1. The van der Waals surface area contributed by atoms with Crippen molar-refractivity contribution in [2.45, 2.75) is 76.5 Å². The number of anilines is 1. The maximum Gasteiger partial charge on any atom is 0.338 e. The van der Waals surface area contributed by atoms with Crippen molar-refractivity contribution in [1.82, 2.24) is 5.32 Å². The summed E-state index contributed by atoms with van der Waals surface area (Å²) in [5.41, 5.74) is 3.81. The third kappa shape index (κ3) is 9.75. The fourth-order valence-electron chi connectivity index (χ4n) is 7.55. The average molecular weight is 763 g/mol. The van der Waals surface area contributed by atoms with Gasteiger partial charge in [0, 0.05) is 30.2 Å². The first-order valence-corrected chi connectivity index (χ1v) is 19.4. The SMILES string of the molecule is CCOC(=O)C[C@H]1[C@H](OC(=O)c2ccc(-c3ccccc3)cc2)[C@@H](NC(=O)C2CCCCC2)c2cc(OCCCO)ccc2N1C(=O)Cc1ccc(OC)cc1. The van der Waals surface area contributed by atoms with Gasteiger partial charge in [-0.1, -0.05) is 73.9 Å². The highest BCUT2D eigenvalue weighted by atomic mass is 16.5. The van der Waals surface area contributed by atoms with Gasteiger partial charge in [0.25, 0.3) is 0 Å². The van der Waals surface area contributed by atoms with Crippen LogP contribution in [0.4, 0.5) is 5.69 Å². The summed E-state index contributed by atoms with van der Waals surface area (Å²) < 4.78 is 23.1. The highest BCUT2D eigenvalue weighted by Gasteiger charge is 2.48. The molecule has 294 valence electrons. The molecule has 2 N–H and O–H groups in total. The molecule has 0 aromatic heterocycles. The van der Waals surface area contributed by atoms with Crippen molar-refractivity contribution in [1.29, 1.82) is 0 Å². The minimum atomic E-state index is -1.21. The van der Waals surface area contributed by atoms with Gasteiger partial charge in [0.2, 0.25) is 11.8 Å². The molecule has 0 bridgehead atoms. The Balaban J connectivity index is 1.44. The number of fused-ring (bicyclic) bond motifs is 1. The number of amides is 2. The van der Waals surface area contributed by atoms with E-state index >= 15 is 0 Å². The molecule has 4 aromatic carbocycles. The molecule has 1 aliphatic heterocycles. The Morgan fingerprint density at radius 3 is 2.21 bits per heavy atom. The molecule has 0 radical (unpaired) electrons. The van der Waals surface area contributed by atoms with Crippen LogP contribution in [0.25, 0.3) is 11.1 Å². The van der Waals surface area contributed by atoms with Gasteiger partial charge < -0.3 is 34.3 Å². The van der Waals surface area contributed by atoms with Gasteiger partial charge in [-0.25, -0.2) is 4.79 Å². The zero-order valence-electron chi connectivity index (χ0n) is 32.0. The van der Waals surface area contributed by atoms with Crippen molar-refractivity contribution >= 4 is 29.4 Å². The summed E-state index contributed by atoms with van der Waals surface area (Å²) in [4.78, 5) is 57.9. The second kappa shape index (κ2) is 19.3. The number of hydrogen-bond donors (Lipinski definition) is 2. The molecule has 11 heteroatoms. The molecule has 0 saturated heterocycles. The summed E-state index contributed by atoms with van der Waals surface area (Å²) >= 11 is 0. The van der Waals surface area contributed by atoms with Gasteiger partial charge in [-0.2, -0.15) is 0 Å². The molecular weight excluding hydrogens is 712 g/mol. The lowest BCUT2D eigenvalue weighted by molar-refractivity contribution is -0.144. The predicted molar refractivity (Wildman–Crippen MR) is 211 cm³/mol. The number of nitrogens with zero attached hydrogens (tertiary/aromatic N) is 1. The molecular formula is C45H50N2O9. The number of carbonyl (C=O) groups excluding carboxylic acids is 4. The molecule has 1 fully saturated rings. The van der Waals surface area contributed by atoms with Crippen LogP contribution >= 0.6 is 0 Å². The van der Waals surface area contributed by atoms with Gasteiger partial charge in [-0.15, -0.1) is 0 Å². The molecule has 11 nitrogen and oxygen atoms in total. The number of esters is 2. The number of rotatable bonds is 15. The van der Waals surface area contributed by atoms with Crippen LogP contribution in [0.5, 0.6) is 11.5 Å². The lowest BCUT2D eigenvalue weighted by atomic mass is 9.84. The second-order valence-electron chi connectivity index (χ2n) is 14.1. The monoisotopic (exact) mass is 762 g/mol. The number of aliphatic hydroxyl groups excluding tert-OH is 1. The van der Waals surface area contributed by atoms with E-state index in [0.29, 0.717) is 34.7 Å². The number of carbonyl (C=O) groups is 4. The summed E-state index contributed by atoms with van der Waals surface area (Å²) in [6.45, 7) is 1.98. The lowest BCUT2D eigenvalue weighted by Gasteiger charge is -2.46. The zero-order chi connectivity index (χ0) is 39.4. The van der Waals surface area contributed by atoms with E-state index < -0.39 is 30.1 Å². The molecule has 0 spiro atoms. The van der Waals surface area contributed by atoms with Crippen LogP contribution in [0, 0.1) is 5.92 Å². The van der Waals surface area contributed by atoms with Crippen LogP contribution in [0.15, 0.2) is 97.1 Å². The van der Waals surface area contributed by atoms with Crippen LogP contribution in [-0.4, -0.2) is 67.9 Å². The molecule has 0 unspecified atom stereocenters. The highest BCUT2D eigenvalue weighted by Crippen LogP contribution is 2.43. The number of methoxy groups -OCH3 is 1. The first-order valence-electron chi connectivity index (χ1n) is 19.4. The van der Waals surface area contributed by atoms with Crippen molar-refractivity contribution < 1.29 is 43.2 Å². The molecule has 1 aliphatic carbocycles. The number of nitrogens with one attached hydrogen (secondary N) is 1. The fourth-order valence-corrected chi connectivity index (χ4v) is 7.55. The summed E-state index contributed by atoms with van der Waals surface area (Å²) in [7, 11) is 1.56. The van der Waals surface area contributed by atoms with Crippen LogP contribution < -0.4 is 19.7 Å². The predicted octanol–water partition coefficient (Wildman–Crippen LogP) is 7.00. The molecule has 6 rings (SSSR count). The third-order valence-corrected chi connectivity index (χ3v) is 10.4. The first-order chi connectivity index (χ1) is 27.3. The van der Waals surface area contributed by atoms with E-state index in [9.17, 15) is 24.3 Å². The number of ether oxygens (including phenoxy) is 4. The standard InChI is InChI=1S/C45H50N2O9/c1-3-54-41(50)29-39-43(56-45(52)34-19-17-32(18-20-34)31-11-6-4-7-12-31)42(46-44(51)33-13-8-5-9-14-33)37-28-36(55-26-10-25-48)23-24-38(37)47(39)40(49)27-30-15-21-35(53-2)22-16-30/h4,6-7,11-12,15-24,28,33,39,42-43,48H,3,5,8-10,13-14,25-27,29H2,1-2H3,(H,46,51)/t39-,42-,43-/m0/s1. The van der Waals surface area contributed by atoms with E-state index in [-0.39, 0.29) is 56.0 Å². The normalized spacial score (nSPS) is 18.0. The molecule has 4 aromatic rings. The van der Waals surface area contributed by atoms with Gasteiger partial charge in [-0.3, -0.25) is 14.4 Å². The molecule has 56 heavy (non-hydrogen) atoms. The Labute approximate surface area is 327 Å². The van der Waals surface area contributed by atoms with Crippen molar-refractivity contribution in [3.8, 4) is 22.6 Å². The topological polar surface area (TPSA) is 141 Å². The van der Waals surface area contributed by atoms with E-state index in [1.165, 1.54) is 4.90 Å². The number of benzene rings is 4. The van der Waals surface area contributed by atoms with Crippen LogP contribution in [-0.2, 0) is 30.3 Å². The third-order valence-electron chi connectivity index (χ3n) is 10.4. The fraction of sp³-hybridized carbons (Fsp3) is 0.378. The maximum absolute atomic E-state index is 14.6. The molecule has 3 atom stereocenters. The smallest absolute Gasteiger partial charge is 0.338 e. The quantitative estimate of drug-likeness (QED) is 0.0968. The van der Waals surface area contributed by atoms with E-state index in [1.807, 2.05) is 42.5 Å². The van der Waals surface area contributed by atoms with Crippen molar-refractivity contribution in [3.63, 3.8) is 0 Å². The summed E-state index contributed by atoms with van der Waals surface area (Å²) in [5.74, 6) is -0.963. The van der Waals surface area contributed by atoms with Crippen molar-refractivity contribution in [2.75, 3.05) is 31.8 Å². The van der Waals surface area contributed by atoms with Crippen LogP contribution in [0.2, 0.25) is 0 Å². The van der Waals surface area contributed by atoms with Gasteiger partial charge in [0.1, 0.15) is 17.6 Å². The molecule has 2 amide bonds. The Kier molecular flexibility index (Phi) is 13.8. The minimum Gasteiger partial charge on any atom is -0.497 e. The van der Waals surface area contributed by atoms with Crippen molar-refractivity contribution in [2.24, 2.45) is 5.92 Å². The summed E-state index contributed by atoms with van der Waals surface area (Å²) in [5, 5.41) is 12.6. The van der Waals surface area contributed by atoms with Crippen LogP contribution in [0.1, 0.15) is 79.4 Å². The molecule has 2 aliphatic rings. The number of aliphatic hydroxyl groups is 1. The van der Waals surface area contributed by atoms with E-state index in [0.717, 1.165) is 43.2 Å².